The number of benzene rings is 2. The molecule has 1 atom stereocenters. The van der Waals surface area contributed by atoms with Crippen molar-refractivity contribution >= 4 is 23.3 Å². The Balaban J connectivity index is 1.90. The molecular weight excluding hydrogens is 331 g/mol. The molecule has 1 aliphatic rings. The van der Waals surface area contributed by atoms with Crippen molar-refractivity contribution in [1.29, 1.82) is 0 Å². The van der Waals surface area contributed by atoms with Gasteiger partial charge >= 0.3 is 5.97 Å². The third-order valence-electron chi connectivity index (χ3n) is 3.96. The number of carbonyl (C=O) groups is 2. The molecule has 25 heavy (non-hydrogen) atoms. The lowest BCUT2D eigenvalue weighted by Gasteiger charge is -2.33. The second-order valence-corrected chi connectivity index (χ2v) is 5.83. The number of halogens is 1. The van der Waals surface area contributed by atoms with Gasteiger partial charge in [-0.25, -0.2) is 9.18 Å². The predicted molar refractivity (Wildman–Crippen MR) is 85.7 cm³/mol. The number of nitrogens with one attached hydrogen (secondary N) is 1. The van der Waals surface area contributed by atoms with Gasteiger partial charge in [0.2, 0.25) is 0 Å². The molecule has 128 valence electrons. The summed E-state index contributed by atoms with van der Waals surface area (Å²) in [4.78, 5) is 35.1. The molecule has 1 aliphatic heterocycles. The van der Waals surface area contributed by atoms with Gasteiger partial charge < -0.3 is 10.1 Å². The molecule has 0 bridgehead atoms. The summed E-state index contributed by atoms with van der Waals surface area (Å²) in [6, 6.07) is 9.22. The Morgan fingerprint density at radius 3 is 2.76 bits per heavy atom. The monoisotopic (exact) mass is 344 g/mol. The molecule has 1 unspecified atom stereocenters. The van der Waals surface area contributed by atoms with Crippen LogP contribution in [0.1, 0.15) is 22.8 Å². The van der Waals surface area contributed by atoms with Crippen molar-refractivity contribution in [3.63, 3.8) is 0 Å². The second-order valence-electron chi connectivity index (χ2n) is 5.83. The van der Waals surface area contributed by atoms with E-state index in [9.17, 15) is 24.1 Å². The summed E-state index contributed by atoms with van der Waals surface area (Å²) in [7, 11) is 0. The molecule has 0 saturated carbocycles. The standard InChI is InChI=1S/C17H13FN2O5/c1-17(9-10-8-11(18)6-7-12(10)15(21)25-17)16(22)19-13-4-2-3-5-14(13)20(23)24/h2-8H,9H2,1H3,(H,19,22). The fourth-order valence-corrected chi connectivity index (χ4v) is 2.69. The van der Waals surface area contributed by atoms with E-state index in [0.29, 0.717) is 5.56 Å². The third-order valence-corrected chi connectivity index (χ3v) is 3.96. The van der Waals surface area contributed by atoms with Crippen LogP contribution in [-0.2, 0) is 16.0 Å². The number of para-hydroxylation sites is 2. The summed E-state index contributed by atoms with van der Waals surface area (Å²) in [6.07, 6.45) is -0.0434. The number of anilines is 1. The van der Waals surface area contributed by atoms with E-state index in [-0.39, 0.29) is 23.4 Å². The second kappa shape index (κ2) is 5.97. The highest BCUT2D eigenvalue weighted by Crippen LogP contribution is 2.31. The van der Waals surface area contributed by atoms with Gasteiger partial charge in [-0.1, -0.05) is 12.1 Å². The van der Waals surface area contributed by atoms with Crippen LogP contribution in [0.3, 0.4) is 0 Å². The number of hydrogen-bond acceptors (Lipinski definition) is 5. The molecule has 0 aliphatic carbocycles. The van der Waals surface area contributed by atoms with Crippen LogP contribution in [0, 0.1) is 15.9 Å². The maximum absolute atomic E-state index is 13.4. The number of carbonyl (C=O) groups excluding carboxylic acids is 2. The van der Waals surface area contributed by atoms with Gasteiger partial charge in [-0.15, -0.1) is 0 Å². The number of nitro benzene ring substituents is 1. The van der Waals surface area contributed by atoms with Crippen molar-refractivity contribution in [3.05, 3.63) is 69.5 Å². The van der Waals surface area contributed by atoms with E-state index in [0.717, 1.165) is 6.07 Å². The number of fused-ring (bicyclic) bond motifs is 1. The number of nitro groups is 1. The lowest BCUT2D eigenvalue weighted by Crippen LogP contribution is -2.49. The minimum atomic E-state index is -1.61. The summed E-state index contributed by atoms with van der Waals surface area (Å²) in [5.41, 5.74) is -1.37. The average Bonchev–Trinajstić information content (AvgIpc) is 2.54. The molecule has 0 saturated heterocycles. The van der Waals surface area contributed by atoms with Crippen molar-refractivity contribution < 1.29 is 23.6 Å². The largest absolute Gasteiger partial charge is 0.445 e. The van der Waals surface area contributed by atoms with E-state index < -0.39 is 28.2 Å². The van der Waals surface area contributed by atoms with Gasteiger partial charge in [-0.05, 0) is 36.8 Å². The lowest BCUT2D eigenvalue weighted by atomic mass is 9.89. The molecule has 0 spiro atoms. The molecule has 7 nitrogen and oxygen atoms in total. The van der Waals surface area contributed by atoms with E-state index in [4.69, 9.17) is 4.74 Å². The van der Waals surface area contributed by atoms with Crippen LogP contribution in [0.5, 0.6) is 0 Å². The molecule has 0 aromatic heterocycles. The number of esters is 1. The highest BCUT2D eigenvalue weighted by molar-refractivity contribution is 6.03. The first-order valence-corrected chi connectivity index (χ1v) is 7.37. The van der Waals surface area contributed by atoms with Gasteiger partial charge in [0.15, 0.2) is 5.60 Å². The molecule has 1 heterocycles. The van der Waals surface area contributed by atoms with Crippen molar-refractivity contribution in [3.8, 4) is 0 Å². The molecular formula is C17H13FN2O5. The van der Waals surface area contributed by atoms with Crippen molar-refractivity contribution in [2.75, 3.05) is 5.32 Å². The predicted octanol–water partition coefficient (Wildman–Crippen LogP) is 2.84. The number of hydrogen-bond donors (Lipinski definition) is 1. The summed E-state index contributed by atoms with van der Waals surface area (Å²) < 4.78 is 18.7. The smallest absolute Gasteiger partial charge is 0.339 e. The fraction of sp³-hybridized carbons (Fsp3) is 0.176. The number of cyclic esters (lactones) is 1. The number of amides is 1. The Hall–Kier alpha value is -3.29. The van der Waals surface area contributed by atoms with Crippen LogP contribution in [0.2, 0.25) is 0 Å². The first kappa shape index (κ1) is 16.6. The Labute approximate surface area is 141 Å². The zero-order chi connectivity index (χ0) is 18.2. The summed E-state index contributed by atoms with van der Waals surface area (Å²) in [5.74, 6) is -2.01. The van der Waals surface area contributed by atoms with Gasteiger partial charge in [-0.3, -0.25) is 14.9 Å². The first-order valence-electron chi connectivity index (χ1n) is 7.37. The summed E-state index contributed by atoms with van der Waals surface area (Å²) >= 11 is 0. The first-order chi connectivity index (χ1) is 11.8. The summed E-state index contributed by atoms with van der Waals surface area (Å²) in [5, 5.41) is 13.5. The minimum Gasteiger partial charge on any atom is -0.445 e. The number of nitrogens with zero attached hydrogens (tertiary/aromatic N) is 1. The summed E-state index contributed by atoms with van der Waals surface area (Å²) in [6.45, 7) is 1.38. The maximum atomic E-state index is 13.4. The highest BCUT2D eigenvalue weighted by atomic mass is 19.1. The molecule has 1 amide bonds. The molecule has 0 fully saturated rings. The minimum absolute atomic E-state index is 0.0141. The van der Waals surface area contributed by atoms with Crippen molar-refractivity contribution in [2.45, 2.75) is 18.9 Å². The Morgan fingerprint density at radius 1 is 1.32 bits per heavy atom. The number of ether oxygens (including phenoxy) is 1. The van der Waals surface area contributed by atoms with Gasteiger partial charge in [0.25, 0.3) is 11.6 Å². The molecule has 2 aromatic rings. The molecule has 0 radical (unpaired) electrons. The van der Waals surface area contributed by atoms with Gasteiger partial charge in [0, 0.05) is 12.5 Å². The zero-order valence-corrected chi connectivity index (χ0v) is 13.1. The van der Waals surface area contributed by atoms with Gasteiger partial charge in [0.05, 0.1) is 10.5 Å². The maximum Gasteiger partial charge on any atom is 0.339 e. The van der Waals surface area contributed by atoms with Crippen LogP contribution in [0.15, 0.2) is 42.5 Å². The molecule has 2 aromatic carbocycles. The molecule has 1 N–H and O–H groups in total. The zero-order valence-electron chi connectivity index (χ0n) is 13.1. The van der Waals surface area contributed by atoms with Crippen LogP contribution < -0.4 is 5.32 Å². The molecule has 8 heteroatoms. The molecule has 3 rings (SSSR count). The quantitative estimate of drug-likeness (QED) is 0.524. The Kier molecular flexibility index (Phi) is 3.96. The van der Waals surface area contributed by atoms with Gasteiger partial charge in [-0.2, -0.15) is 0 Å². The van der Waals surface area contributed by atoms with E-state index in [1.165, 1.54) is 43.3 Å². The van der Waals surface area contributed by atoms with Crippen LogP contribution in [0.4, 0.5) is 15.8 Å². The Morgan fingerprint density at radius 2 is 2.04 bits per heavy atom. The van der Waals surface area contributed by atoms with Gasteiger partial charge in [0.1, 0.15) is 11.5 Å². The third kappa shape index (κ3) is 3.06. The lowest BCUT2D eigenvalue weighted by molar-refractivity contribution is -0.383. The van der Waals surface area contributed by atoms with Crippen LogP contribution >= 0.6 is 0 Å². The fourth-order valence-electron chi connectivity index (χ4n) is 2.69. The van der Waals surface area contributed by atoms with Crippen molar-refractivity contribution in [2.24, 2.45) is 0 Å². The highest BCUT2D eigenvalue weighted by Gasteiger charge is 2.43. The Bertz CT molecular complexity index is 898. The van der Waals surface area contributed by atoms with E-state index in [2.05, 4.69) is 5.32 Å². The van der Waals surface area contributed by atoms with Crippen LogP contribution in [-0.4, -0.2) is 22.4 Å². The topological polar surface area (TPSA) is 98.5 Å². The number of rotatable bonds is 3. The van der Waals surface area contributed by atoms with E-state index >= 15 is 0 Å². The van der Waals surface area contributed by atoms with Crippen LogP contribution in [0.25, 0.3) is 0 Å². The average molecular weight is 344 g/mol. The normalized spacial score (nSPS) is 18.9. The van der Waals surface area contributed by atoms with Crippen molar-refractivity contribution in [1.82, 2.24) is 0 Å². The van der Waals surface area contributed by atoms with E-state index in [1.54, 1.807) is 0 Å². The SMILES string of the molecule is CC1(C(=O)Nc2ccccc2[N+](=O)[O-])Cc2cc(F)ccc2C(=O)O1. The van der Waals surface area contributed by atoms with E-state index in [1.807, 2.05) is 0 Å².